The third-order valence-electron chi connectivity index (χ3n) is 2.74. The van der Waals surface area contributed by atoms with Crippen molar-refractivity contribution in [1.29, 1.82) is 0 Å². The Morgan fingerprint density at radius 2 is 2.24 bits per heavy atom. The molecule has 0 radical (unpaired) electrons. The maximum atomic E-state index is 11.8. The van der Waals surface area contributed by atoms with Crippen LogP contribution in [0.25, 0.3) is 11.3 Å². The van der Waals surface area contributed by atoms with Crippen LogP contribution in [0.2, 0.25) is 0 Å². The van der Waals surface area contributed by atoms with E-state index in [-0.39, 0.29) is 5.56 Å². The van der Waals surface area contributed by atoms with Gasteiger partial charge in [0.15, 0.2) is 0 Å². The molecular formula is C13H15N3O. The molecule has 17 heavy (non-hydrogen) atoms. The highest BCUT2D eigenvalue weighted by molar-refractivity contribution is 5.65. The number of nitrogens with one attached hydrogen (secondary N) is 1. The van der Waals surface area contributed by atoms with Gasteiger partial charge in [-0.2, -0.15) is 0 Å². The molecule has 0 aliphatic rings. The Hall–Kier alpha value is -1.97. The lowest BCUT2D eigenvalue weighted by Gasteiger charge is -2.08. The van der Waals surface area contributed by atoms with Crippen LogP contribution in [0, 0.1) is 6.92 Å². The molecule has 0 aromatic carbocycles. The summed E-state index contributed by atoms with van der Waals surface area (Å²) in [5, 5.41) is 0. The molecule has 4 heteroatoms. The highest BCUT2D eigenvalue weighted by Gasteiger charge is 2.11. The zero-order chi connectivity index (χ0) is 12.3. The average molecular weight is 229 g/mol. The number of aryl methyl sites for hydroxylation is 1. The van der Waals surface area contributed by atoms with Crippen molar-refractivity contribution < 1.29 is 0 Å². The van der Waals surface area contributed by atoms with Crippen LogP contribution in [0.15, 0.2) is 29.6 Å². The molecule has 0 aliphatic heterocycles. The van der Waals surface area contributed by atoms with E-state index in [1.54, 1.807) is 12.4 Å². The van der Waals surface area contributed by atoms with Crippen molar-refractivity contribution in [3.05, 3.63) is 46.3 Å². The van der Waals surface area contributed by atoms with Gasteiger partial charge in [0.25, 0.3) is 5.56 Å². The predicted octanol–water partition coefficient (Wildman–Crippen LogP) is 2.09. The standard InChI is InChI=1S/C13H15N3O/c1-3-4-10-12(15-8-16-13(10)17)11-7-14-6-5-9(11)2/h5-8H,3-4H2,1-2H3,(H,15,16,17). The van der Waals surface area contributed by atoms with E-state index in [1.165, 1.54) is 6.33 Å². The molecule has 2 heterocycles. The lowest BCUT2D eigenvalue weighted by molar-refractivity contribution is 0.887. The molecule has 0 atom stereocenters. The number of H-pyrrole nitrogens is 1. The maximum absolute atomic E-state index is 11.8. The minimum Gasteiger partial charge on any atom is -0.313 e. The summed E-state index contributed by atoms with van der Waals surface area (Å²) in [6, 6.07) is 1.92. The first kappa shape index (κ1) is 11.5. The van der Waals surface area contributed by atoms with E-state index in [9.17, 15) is 4.79 Å². The first-order valence-corrected chi connectivity index (χ1v) is 5.71. The van der Waals surface area contributed by atoms with Crippen molar-refractivity contribution in [2.45, 2.75) is 26.7 Å². The summed E-state index contributed by atoms with van der Waals surface area (Å²) in [6.45, 7) is 4.04. The van der Waals surface area contributed by atoms with Crippen LogP contribution in [-0.2, 0) is 6.42 Å². The van der Waals surface area contributed by atoms with Gasteiger partial charge >= 0.3 is 0 Å². The van der Waals surface area contributed by atoms with Crippen LogP contribution in [0.3, 0.4) is 0 Å². The zero-order valence-corrected chi connectivity index (χ0v) is 10.0. The van der Waals surface area contributed by atoms with Crippen LogP contribution in [0.5, 0.6) is 0 Å². The number of nitrogens with zero attached hydrogens (tertiary/aromatic N) is 2. The van der Waals surface area contributed by atoms with E-state index >= 15 is 0 Å². The highest BCUT2D eigenvalue weighted by atomic mass is 16.1. The van der Waals surface area contributed by atoms with Crippen molar-refractivity contribution in [2.24, 2.45) is 0 Å². The summed E-state index contributed by atoms with van der Waals surface area (Å²) < 4.78 is 0. The number of hydrogen-bond donors (Lipinski definition) is 1. The minimum atomic E-state index is -0.0555. The summed E-state index contributed by atoms with van der Waals surface area (Å²) in [6.07, 6.45) is 6.60. The molecule has 0 spiro atoms. The van der Waals surface area contributed by atoms with Crippen LogP contribution in [0.4, 0.5) is 0 Å². The van der Waals surface area contributed by atoms with Gasteiger partial charge in [0.05, 0.1) is 12.0 Å². The molecule has 4 nitrogen and oxygen atoms in total. The first-order chi connectivity index (χ1) is 8.24. The molecule has 0 unspecified atom stereocenters. The molecule has 0 aliphatic carbocycles. The zero-order valence-electron chi connectivity index (χ0n) is 10.0. The Bertz CT molecular complexity index is 575. The van der Waals surface area contributed by atoms with Gasteiger partial charge in [0, 0.05) is 23.5 Å². The van der Waals surface area contributed by atoms with Gasteiger partial charge in [0.2, 0.25) is 0 Å². The van der Waals surface area contributed by atoms with E-state index in [4.69, 9.17) is 0 Å². The molecule has 0 amide bonds. The third kappa shape index (κ3) is 2.25. The number of pyridine rings is 1. The summed E-state index contributed by atoms with van der Waals surface area (Å²) >= 11 is 0. The summed E-state index contributed by atoms with van der Waals surface area (Å²) in [5.41, 5.74) is 3.45. The van der Waals surface area contributed by atoms with Crippen molar-refractivity contribution in [1.82, 2.24) is 15.0 Å². The molecule has 0 saturated carbocycles. The van der Waals surface area contributed by atoms with E-state index in [0.717, 1.165) is 35.2 Å². The summed E-state index contributed by atoms with van der Waals surface area (Å²) in [4.78, 5) is 22.8. The van der Waals surface area contributed by atoms with E-state index in [2.05, 4.69) is 15.0 Å². The smallest absolute Gasteiger partial charge is 0.254 e. The molecule has 2 rings (SSSR count). The maximum Gasteiger partial charge on any atom is 0.254 e. The van der Waals surface area contributed by atoms with Gasteiger partial charge in [-0.1, -0.05) is 13.3 Å². The quantitative estimate of drug-likeness (QED) is 0.876. The Kier molecular flexibility index (Phi) is 3.32. The predicted molar refractivity (Wildman–Crippen MR) is 66.8 cm³/mol. The van der Waals surface area contributed by atoms with Crippen molar-refractivity contribution in [3.63, 3.8) is 0 Å². The SMILES string of the molecule is CCCc1c(-c2cnccc2C)nc[nH]c1=O. The minimum absolute atomic E-state index is 0.0555. The van der Waals surface area contributed by atoms with Gasteiger partial charge in [-0.3, -0.25) is 9.78 Å². The van der Waals surface area contributed by atoms with Gasteiger partial charge in [0.1, 0.15) is 0 Å². The second kappa shape index (κ2) is 4.91. The van der Waals surface area contributed by atoms with Gasteiger partial charge < -0.3 is 4.98 Å². The van der Waals surface area contributed by atoms with Crippen LogP contribution >= 0.6 is 0 Å². The largest absolute Gasteiger partial charge is 0.313 e. The summed E-state index contributed by atoms with van der Waals surface area (Å²) in [5.74, 6) is 0. The molecule has 1 N–H and O–H groups in total. The monoisotopic (exact) mass is 229 g/mol. The lowest BCUT2D eigenvalue weighted by Crippen LogP contribution is -2.15. The fourth-order valence-corrected chi connectivity index (χ4v) is 1.85. The van der Waals surface area contributed by atoms with E-state index < -0.39 is 0 Å². The Balaban J connectivity index is 2.63. The molecule has 88 valence electrons. The van der Waals surface area contributed by atoms with Crippen molar-refractivity contribution >= 4 is 0 Å². The topological polar surface area (TPSA) is 58.6 Å². The second-order valence-electron chi connectivity index (χ2n) is 4.00. The number of aromatic nitrogens is 3. The Morgan fingerprint density at radius 1 is 1.41 bits per heavy atom. The lowest BCUT2D eigenvalue weighted by atomic mass is 10.0. The normalized spacial score (nSPS) is 10.5. The number of hydrogen-bond acceptors (Lipinski definition) is 3. The number of aromatic amines is 1. The fraction of sp³-hybridized carbons (Fsp3) is 0.308. The molecule has 2 aromatic heterocycles. The van der Waals surface area contributed by atoms with E-state index in [0.29, 0.717) is 0 Å². The average Bonchev–Trinajstić information content (AvgIpc) is 2.33. The molecule has 0 bridgehead atoms. The van der Waals surface area contributed by atoms with Crippen LogP contribution in [-0.4, -0.2) is 15.0 Å². The van der Waals surface area contributed by atoms with Gasteiger partial charge in [-0.25, -0.2) is 4.98 Å². The van der Waals surface area contributed by atoms with Gasteiger partial charge in [-0.05, 0) is 25.0 Å². The van der Waals surface area contributed by atoms with Crippen molar-refractivity contribution in [3.8, 4) is 11.3 Å². The van der Waals surface area contributed by atoms with Crippen molar-refractivity contribution in [2.75, 3.05) is 0 Å². The molecular weight excluding hydrogens is 214 g/mol. The third-order valence-corrected chi connectivity index (χ3v) is 2.74. The van der Waals surface area contributed by atoms with Gasteiger partial charge in [-0.15, -0.1) is 0 Å². The molecule has 0 saturated heterocycles. The highest BCUT2D eigenvalue weighted by Crippen LogP contribution is 2.22. The number of rotatable bonds is 3. The van der Waals surface area contributed by atoms with Crippen LogP contribution in [0.1, 0.15) is 24.5 Å². The second-order valence-corrected chi connectivity index (χ2v) is 4.00. The van der Waals surface area contributed by atoms with Crippen LogP contribution < -0.4 is 5.56 Å². The summed E-state index contributed by atoms with van der Waals surface area (Å²) in [7, 11) is 0. The Labute approximate surface area is 99.8 Å². The molecule has 2 aromatic rings. The van der Waals surface area contributed by atoms with E-state index in [1.807, 2.05) is 19.9 Å². The Morgan fingerprint density at radius 3 is 2.94 bits per heavy atom. The fourth-order valence-electron chi connectivity index (χ4n) is 1.85. The molecule has 0 fully saturated rings. The first-order valence-electron chi connectivity index (χ1n) is 5.71.